The van der Waals surface area contributed by atoms with Gasteiger partial charge in [0, 0.05) is 32.2 Å². The standard InChI is InChI=1S/C20H22F3N3O4S/c1-2-29-19(28)13-16(27)11-9-12(21)15(25-7-5-24-6-8-25)17(30-20(22)23)14(11)26(18(13)31)10-3-4-10/h9-10,20,24,31H,2-8H2,1H3. The number of esters is 1. The van der Waals surface area contributed by atoms with Gasteiger partial charge in [-0.25, -0.2) is 9.18 Å². The van der Waals surface area contributed by atoms with Crippen LogP contribution in [-0.4, -0.2) is 49.9 Å². The molecular formula is C20H22F3N3O4S. The maximum atomic E-state index is 15.3. The molecule has 0 bridgehead atoms. The zero-order chi connectivity index (χ0) is 22.3. The lowest BCUT2D eigenvalue weighted by atomic mass is 10.1. The maximum Gasteiger partial charge on any atom is 0.387 e. The number of nitrogens with one attached hydrogen (secondary N) is 1. The molecule has 31 heavy (non-hydrogen) atoms. The van der Waals surface area contributed by atoms with Crippen molar-refractivity contribution in [1.29, 1.82) is 0 Å². The van der Waals surface area contributed by atoms with E-state index in [9.17, 15) is 18.4 Å². The lowest BCUT2D eigenvalue weighted by molar-refractivity contribution is -0.0488. The molecule has 2 aliphatic rings. The number of fused-ring (bicyclic) bond motifs is 1. The Hall–Kier alpha value is -2.40. The van der Waals surface area contributed by atoms with E-state index in [0.29, 0.717) is 39.0 Å². The summed E-state index contributed by atoms with van der Waals surface area (Å²) in [6.45, 7) is 0.228. The van der Waals surface area contributed by atoms with E-state index < -0.39 is 29.6 Å². The summed E-state index contributed by atoms with van der Waals surface area (Å²) in [7, 11) is 0. The SMILES string of the molecule is CCOC(=O)c1c(S)n(C2CC2)c2c(OC(F)F)c(N3CCNCC3)c(F)cc2c1=O. The van der Waals surface area contributed by atoms with Gasteiger partial charge in [0.15, 0.2) is 11.6 Å². The normalized spacial score (nSPS) is 16.8. The monoisotopic (exact) mass is 457 g/mol. The number of pyridine rings is 1. The van der Waals surface area contributed by atoms with Crippen LogP contribution in [-0.2, 0) is 4.74 Å². The van der Waals surface area contributed by atoms with E-state index in [1.54, 1.807) is 11.8 Å². The first-order valence-corrected chi connectivity index (χ1v) is 10.5. The molecule has 1 aliphatic carbocycles. The van der Waals surface area contributed by atoms with Crippen molar-refractivity contribution in [3.8, 4) is 5.75 Å². The zero-order valence-electron chi connectivity index (χ0n) is 16.8. The molecule has 0 spiro atoms. The lowest BCUT2D eigenvalue weighted by Crippen LogP contribution is -2.44. The highest BCUT2D eigenvalue weighted by Crippen LogP contribution is 2.46. The molecule has 7 nitrogen and oxygen atoms in total. The van der Waals surface area contributed by atoms with Crippen LogP contribution in [0.3, 0.4) is 0 Å². The van der Waals surface area contributed by atoms with Crippen LogP contribution >= 0.6 is 12.6 Å². The molecule has 4 rings (SSSR count). The molecule has 2 fully saturated rings. The van der Waals surface area contributed by atoms with E-state index in [1.165, 1.54) is 4.57 Å². The first-order valence-electron chi connectivity index (χ1n) is 10.1. The minimum Gasteiger partial charge on any atom is -0.462 e. The second kappa shape index (κ2) is 8.62. The highest BCUT2D eigenvalue weighted by molar-refractivity contribution is 7.80. The average Bonchev–Trinajstić information content (AvgIpc) is 3.54. The van der Waals surface area contributed by atoms with Gasteiger partial charge in [-0.2, -0.15) is 8.78 Å². The highest BCUT2D eigenvalue weighted by Gasteiger charge is 2.35. The summed E-state index contributed by atoms with van der Waals surface area (Å²) >= 11 is 4.40. The molecule has 0 unspecified atom stereocenters. The van der Waals surface area contributed by atoms with E-state index in [2.05, 4.69) is 17.9 Å². The molecule has 1 saturated carbocycles. The van der Waals surface area contributed by atoms with E-state index in [0.717, 1.165) is 6.07 Å². The van der Waals surface area contributed by atoms with Gasteiger partial charge in [0.25, 0.3) is 0 Å². The van der Waals surface area contributed by atoms with Crippen molar-refractivity contribution in [1.82, 2.24) is 9.88 Å². The number of hydrogen-bond donors (Lipinski definition) is 2. The predicted octanol–water partition coefficient (Wildman–Crippen LogP) is 2.95. The van der Waals surface area contributed by atoms with Gasteiger partial charge in [-0.3, -0.25) is 4.79 Å². The first-order chi connectivity index (χ1) is 14.8. The number of aromatic nitrogens is 1. The van der Waals surface area contributed by atoms with Crippen molar-refractivity contribution in [2.24, 2.45) is 0 Å². The molecule has 0 atom stereocenters. The van der Waals surface area contributed by atoms with Crippen LogP contribution in [0.1, 0.15) is 36.2 Å². The first kappa shape index (κ1) is 21.8. The number of benzene rings is 1. The number of carbonyl (C=O) groups is 1. The summed E-state index contributed by atoms with van der Waals surface area (Å²) in [5.74, 6) is -2.18. The summed E-state index contributed by atoms with van der Waals surface area (Å²) in [5.41, 5.74) is -1.29. The Bertz CT molecular complexity index is 1080. The number of thiol groups is 1. The fourth-order valence-electron chi connectivity index (χ4n) is 3.94. The third-order valence-electron chi connectivity index (χ3n) is 5.38. The second-order valence-corrected chi connectivity index (χ2v) is 7.82. The van der Waals surface area contributed by atoms with Crippen molar-refractivity contribution in [2.75, 3.05) is 37.7 Å². The van der Waals surface area contributed by atoms with Crippen molar-refractivity contribution in [3.63, 3.8) is 0 Å². The van der Waals surface area contributed by atoms with Crippen LogP contribution < -0.4 is 20.4 Å². The quantitative estimate of drug-likeness (QED) is 0.514. The molecule has 2 heterocycles. The number of carbonyl (C=O) groups excluding carboxylic acids is 1. The Labute approximate surface area is 181 Å². The van der Waals surface area contributed by atoms with Crippen LogP contribution in [0.25, 0.3) is 10.9 Å². The van der Waals surface area contributed by atoms with Gasteiger partial charge >= 0.3 is 12.6 Å². The number of halogens is 3. The van der Waals surface area contributed by atoms with E-state index in [-0.39, 0.29) is 39.8 Å². The summed E-state index contributed by atoms with van der Waals surface area (Å²) < 4.78 is 53.4. The fourth-order valence-corrected chi connectivity index (χ4v) is 4.40. The molecule has 11 heteroatoms. The smallest absolute Gasteiger partial charge is 0.387 e. The summed E-state index contributed by atoms with van der Waals surface area (Å²) in [5, 5.41) is 2.89. The average molecular weight is 457 g/mol. The van der Waals surface area contributed by atoms with Gasteiger partial charge in [-0.05, 0) is 25.8 Å². The van der Waals surface area contributed by atoms with Gasteiger partial charge in [-0.1, -0.05) is 0 Å². The fraction of sp³-hybridized carbons (Fsp3) is 0.500. The number of piperazine rings is 1. The molecule has 0 radical (unpaired) electrons. The van der Waals surface area contributed by atoms with Gasteiger partial charge < -0.3 is 24.3 Å². The topological polar surface area (TPSA) is 72.8 Å². The van der Waals surface area contributed by atoms with Crippen molar-refractivity contribution in [3.05, 3.63) is 27.7 Å². The number of alkyl halides is 2. The molecule has 2 aromatic rings. The van der Waals surface area contributed by atoms with Crippen molar-refractivity contribution >= 4 is 35.2 Å². The van der Waals surface area contributed by atoms with Crippen LogP contribution in [0, 0.1) is 5.82 Å². The highest BCUT2D eigenvalue weighted by atomic mass is 32.1. The molecule has 1 aromatic carbocycles. The molecule has 1 saturated heterocycles. The maximum absolute atomic E-state index is 15.3. The van der Waals surface area contributed by atoms with Gasteiger partial charge in [0.1, 0.15) is 11.3 Å². The van der Waals surface area contributed by atoms with E-state index in [1.807, 2.05) is 0 Å². The lowest BCUT2D eigenvalue weighted by Gasteiger charge is -2.32. The zero-order valence-corrected chi connectivity index (χ0v) is 17.7. The molecule has 1 aromatic heterocycles. The number of anilines is 1. The Balaban J connectivity index is 2.08. The number of nitrogens with zero attached hydrogens (tertiary/aromatic N) is 2. The van der Waals surface area contributed by atoms with E-state index >= 15 is 4.39 Å². The van der Waals surface area contributed by atoms with Crippen LogP contribution in [0.4, 0.5) is 18.9 Å². The predicted molar refractivity (Wildman–Crippen MR) is 111 cm³/mol. The number of rotatable bonds is 6. The largest absolute Gasteiger partial charge is 0.462 e. The molecular weight excluding hydrogens is 435 g/mol. The Kier molecular flexibility index (Phi) is 6.07. The van der Waals surface area contributed by atoms with Gasteiger partial charge in [0.05, 0.1) is 22.5 Å². The third kappa shape index (κ3) is 3.96. The van der Waals surface area contributed by atoms with Crippen molar-refractivity contribution < 1.29 is 27.4 Å². The Morgan fingerprint density at radius 3 is 2.58 bits per heavy atom. The molecule has 168 valence electrons. The Morgan fingerprint density at radius 1 is 1.32 bits per heavy atom. The third-order valence-corrected chi connectivity index (χ3v) is 5.82. The van der Waals surface area contributed by atoms with Crippen LogP contribution in [0.5, 0.6) is 5.75 Å². The van der Waals surface area contributed by atoms with E-state index in [4.69, 9.17) is 9.47 Å². The minimum atomic E-state index is -3.23. The Morgan fingerprint density at radius 2 is 2.00 bits per heavy atom. The number of ether oxygens (including phenoxy) is 2. The summed E-state index contributed by atoms with van der Waals surface area (Å²) in [4.78, 5) is 27.2. The minimum absolute atomic E-state index is 0.00423. The van der Waals surface area contributed by atoms with Gasteiger partial charge in [-0.15, -0.1) is 12.6 Å². The summed E-state index contributed by atoms with van der Waals surface area (Å²) in [6, 6.07) is 0.812. The van der Waals surface area contributed by atoms with Gasteiger partial charge in [0.2, 0.25) is 5.43 Å². The van der Waals surface area contributed by atoms with Crippen LogP contribution in [0.2, 0.25) is 0 Å². The molecule has 1 N–H and O–H groups in total. The second-order valence-electron chi connectivity index (χ2n) is 7.40. The number of hydrogen-bond acceptors (Lipinski definition) is 7. The molecule has 0 amide bonds. The molecule has 1 aliphatic heterocycles. The van der Waals surface area contributed by atoms with Crippen molar-refractivity contribution in [2.45, 2.75) is 37.4 Å². The van der Waals surface area contributed by atoms with Crippen LogP contribution in [0.15, 0.2) is 15.9 Å². The summed E-state index contributed by atoms with van der Waals surface area (Å²) in [6.07, 6.45) is 1.39.